The summed E-state index contributed by atoms with van der Waals surface area (Å²) in [5, 5.41) is 0.900. The van der Waals surface area contributed by atoms with Crippen LogP contribution >= 0.6 is 11.8 Å². The van der Waals surface area contributed by atoms with E-state index in [9.17, 15) is 0 Å². The first-order chi connectivity index (χ1) is 9.85. The van der Waals surface area contributed by atoms with E-state index in [1.165, 1.54) is 89.9 Å². The summed E-state index contributed by atoms with van der Waals surface area (Å²) in [6, 6.07) is 0. The molecular formula is C19H39S. The third kappa shape index (κ3) is 14.8. The fourth-order valence-electron chi connectivity index (χ4n) is 2.78. The topological polar surface area (TPSA) is 0 Å². The van der Waals surface area contributed by atoms with Crippen molar-refractivity contribution >= 4 is 11.8 Å². The van der Waals surface area contributed by atoms with E-state index >= 15 is 0 Å². The second-order valence-electron chi connectivity index (χ2n) is 6.11. The van der Waals surface area contributed by atoms with E-state index in [0.717, 1.165) is 5.25 Å². The molecule has 0 aromatic heterocycles. The van der Waals surface area contributed by atoms with Crippen molar-refractivity contribution in [3.8, 4) is 0 Å². The van der Waals surface area contributed by atoms with Gasteiger partial charge in [0.2, 0.25) is 0 Å². The molecule has 1 heteroatoms. The lowest BCUT2D eigenvalue weighted by Gasteiger charge is -2.15. The van der Waals surface area contributed by atoms with Gasteiger partial charge in [-0.05, 0) is 12.8 Å². The molecule has 0 saturated heterocycles. The zero-order chi connectivity index (χ0) is 14.9. The Bertz CT molecular complexity index is 167. The molecule has 0 rings (SSSR count). The first kappa shape index (κ1) is 20.3. The van der Waals surface area contributed by atoms with E-state index in [4.69, 9.17) is 0 Å². The predicted molar refractivity (Wildman–Crippen MR) is 97.3 cm³/mol. The fraction of sp³-hybridized carbons (Fsp3) is 0.947. The molecule has 121 valence electrons. The first-order valence-corrected chi connectivity index (χ1v) is 10.2. The minimum atomic E-state index is 0.900. The molecule has 0 aliphatic rings. The normalized spacial score (nSPS) is 12.8. The third-order valence-corrected chi connectivity index (χ3v) is 5.22. The van der Waals surface area contributed by atoms with Crippen molar-refractivity contribution in [2.75, 3.05) is 0 Å². The van der Waals surface area contributed by atoms with Gasteiger partial charge in [0.1, 0.15) is 0 Å². The molecule has 0 amide bonds. The van der Waals surface area contributed by atoms with E-state index in [1.54, 1.807) is 0 Å². The van der Waals surface area contributed by atoms with Crippen LogP contribution in [0.25, 0.3) is 0 Å². The van der Waals surface area contributed by atoms with Crippen LogP contribution in [0.15, 0.2) is 0 Å². The van der Waals surface area contributed by atoms with E-state index in [2.05, 4.69) is 38.3 Å². The highest BCUT2D eigenvalue weighted by atomic mass is 32.2. The highest BCUT2D eigenvalue weighted by Gasteiger charge is 2.07. The zero-order valence-electron chi connectivity index (χ0n) is 14.5. The highest BCUT2D eigenvalue weighted by molar-refractivity contribution is 8.01. The maximum Gasteiger partial charge on any atom is 0.0138 e. The van der Waals surface area contributed by atoms with Gasteiger partial charge in [-0.3, -0.25) is 0 Å². The standard InChI is InChI=1S/C19H39S/c1-4-7-9-11-12-14-16-18-19(20-6-3)17-15-13-10-8-5-2/h6,19H,4-5,7-18H2,1-3H3. The Morgan fingerprint density at radius 2 is 1.05 bits per heavy atom. The maximum absolute atomic E-state index is 2.30. The summed E-state index contributed by atoms with van der Waals surface area (Å²) < 4.78 is 0. The Kier molecular flexibility index (Phi) is 17.7. The first-order valence-electron chi connectivity index (χ1n) is 9.28. The smallest absolute Gasteiger partial charge is 0.0138 e. The van der Waals surface area contributed by atoms with Gasteiger partial charge in [0.25, 0.3) is 0 Å². The Morgan fingerprint density at radius 3 is 1.45 bits per heavy atom. The van der Waals surface area contributed by atoms with Crippen LogP contribution in [0.4, 0.5) is 0 Å². The molecule has 1 radical (unpaired) electrons. The summed E-state index contributed by atoms with van der Waals surface area (Å²) in [4.78, 5) is 0. The summed E-state index contributed by atoms with van der Waals surface area (Å²) in [6.07, 6.45) is 20.1. The summed E-state index contributed by atoms with van der Waals surface area (Å²) >= 11 is 2.09. The molecular weight excluding hydrogens is 260 g/mol. The molecule has 0 aromatic carbocycles. The van der Waals surface area contributed by atoms with Gasteiger partial charge in [0.05, 0.1) is 0 Å². The quantitative estimate of drug-likeness (QED) is 0.262. The predicted octanol–water partition coefficient (Wildman–Crippen LogP) is 7.77. The van der Waals surface area contributed by atoms with Crippen molar-refractivity contribution in [3.05, 3.63) is 5.75 Å². The van der Waals surface area contributed by atoms with Crippen LogP contribution in [-0.4, -0.2) is 5.25 Å². The van der Waals surface area contributed by atoms with Crippen molar-refractivity contribution < 1.29 is 0 Å². The van der Waals surface area contributed by atoms with Crippen LogP contribution in [0.3, 0.4) is 0 Å². The van der Waals surface area contributed by atoms with E-state index in [-0.39, 0.29) is 0 Å². The second-order valence-corrected chi connectivity index (χ2v) is 7.52. The van der Waals surface area contributed by atoms with Gasteiger partial charge >= 0.3 is 0 Å². The molecule has 0 saturated carbocycles. The Balaban J connectivity index is 3.44. The van der Waals surface area contributed by atoms with Gasteiger partial charge in [0.15, 0.2) is 0 Å². The molecule has 0 bridgehead atoms. The van der Waals surface area contributed by atoms with Gasteiger partial charge < -0.3 is 0 Å². The van der Waals surface area contributed by atoms with Gasteiger partial charge in [-0.1, -0.05) is 97.8 Å². The SMILES string of the molecule is C[CH]SC(CCCCCCC)CCCCCCCCC. The fourth-order valence-corrected chi connectivity index (χ4v) is 3.77. The lowest BCUT2D eigenvalue weighted by molar-refractivity contribution is 0.542. The Hall–Kier alpha value is 0.350. The van der Waals surface area contributed by atoms with Crippen LogP contribution in [0.5, 0.6) is 0 Å². The van der Waals surface area contributed by atoms with E-state index in [0.29, 0.717) is 0 Å². The van der Waals surface area contributed by atoms with Crippen molar-refractivity contribution in [1.82, 2.24) is 0 Å². The van der Waals surface area contributed by atoms with E-state index < -0.39 is 0 Å². The molecule has 0 heterocycles. The van der Waals surface area contributed by atoms with Crippen LogP contribution in [0, 0.1) is 5.75 Å². The number of rotatable bonds is 16. The summed E-state index contributed by atoms with van der Waals surface area (Å²) in [5.74, 6) is 2.30. The molecule has 0 nitrogen and oxygen atoms in total. The number of unbranched alkanes of at least 4 members (excludes halogenated alkanes) is 10. The van der Waals surface area contributed by atoms with Crippen LogP contribution in [0.2, 0.25) is 0 Å². The molecule has 0 aromatic rings. The van der Waals surface area contributed by atoms with Crippen LogP contribution < -0.4 is 0 Å². The van der Waals surface area contributed by atoms with Gasteiger partial charge in [-0.2, -0.15) is 11.8 Å². The lowest BCUT2D eigenvalue weighted by Crippen LogP contribution is -2.02. The van der Waals surface area contributed by atoms with Crippen molar-refractivity contribution in [3.63, 3.8) is 0 Å². The molecule has 0 aliphatic heterocycles. The second kappa shape index (κ2) is 17.4. The zero-order valence-corrected chi connectivity index (χ0v) is 15.3. The monoisotopic (exact) mass is 299 g/mol. The molecule has 0 fully saturated rings. The van der Waals surface area contributed by atoms with Gasteiger partial charge in [-0.25, -0.2) is 0 Å². The minimum Gasteiger partial charge on any atom is -0.154 e. The van der Waals surface area contributed by atoms with Crippen LogP contribution in [-0.2, 0) is 0 Å². The Morgan fingerprint density at radius 1 is 0.650 bits per heavy atom. The molecule has 0 N–H and O–H groups in total. The molecule has 20 heavy (non-hydrogen) atoms. The van der Waals surface area contributed by atoms with Crippen molar-refractivity contribution in [1.29, 1.82) is 0 Å². The molecule has 0 aliphatic carbocycles. The third-order valence-electron chi connectivity index (χ3n) is 4.09. The average molecular weight is 300 g/mol. The average Bonchev–Trinajstić information content (AvgIpc) is 2.46. The number of thioether (sulfide) groups is 1. The minimum absolute atomic E-state index is 0.900. The maximum atomic E-state index is 2.30. The number of hydrogen-bond donors (Lipinski definition) is 0. The Labute approximate surface area is 133 Å². The number of hydrogen-bond acceptors (Lipinski definition) is 1. The van der Waals surface area contributed by atoms with E-state index in [1.807, 2.05) is 0 Å². The van der Waals surface area contributed by atoms with Crippen molar-refractivity contribution in [2.24, 2.45) is 0 Å². The largest absolute Gasteiger partial charge is 0.154 e. The molecule has 1 unspecified atom stereocenters. The lowest BCUT2D eigenvalue weighted by atomic mass is 10.0. The molecule has 0 spiro atoms. The summed E-state index contributed by atoms with van der Waals surface area (Å²) in [7, 11) is 0. The molecule has 1 atom stereocenters. The van der Waals surface area contributed by atoms with Crippen molar-refractivity contribution in [2.45, 2.75) is 116 Å². The van der Waals surface area contributed by atoms with Gasteiger partial charge in [0, 0.05) is 11.0 Å². The highest BCUT2D eigenvalue weighted by Crippen LogP contribution is 2.25. The van der Waals surface area contributed by atoms with Crippen LogP contribution in [0.1, 0.15) is 111 Å². The van der Waals surface area contributed by atoms with Gasteiger partial charge in [-0.15, -0.1) is 0 Å². The summed E-state index contributed by atoms with van der Waals surface area (Å²) in [6.45, 7) is 6.79. The summed E-state index contributed by atoms with van der Waals surface area (Å²) in [5.41, 5.74) is 0.